The summed E-state index contributed by atoms with van der Waals surface area (Å²) in [6, 6.07) is 9.22. The first-order chi connectivity index (χ1) is 11.1. The summed E-state index contributed by atoms with van der Waals surface area (Å²) < 4.78 is 23.7. The molecule has 0 saturated carbocycles. The van der Waals surface area contributed by atoms with Crippen LogP contribution < -0.4 is 4.90 Å². The molecule has 0 unspecified atom stereocenters. The zero-order valence-corrected chi connectivity index (χ0v) is 14.2. The predicted molar refractivity (Wildman–Crippen MR) is 91.3 cm³/mol. The Balaban J connectivity index is 1.78. The largest absolute Gasteiger partial charge is 0.307 e. The smallest absolute Gasteiger partial charge is 0.241 e. The predicted octanol–water partition coefficient (Wildman–Crippen LogP) is 1.69. The third kappa shape index (κ3) is 4.12. The molecule has 0 bridgehead atoms. The summed E-state index contributed by atoms with van der Waals surface area (Å²) in [6.07, 6.45) is 4.03. The van der Waals surface area contributed by atoms with Gasteiger partial charge in [0.1, 0.15) is 0 Å². The maximum absolute atomic E-state index is 12.9. The van der Waals surface area contributed by atoms with E-state index in [0.29, 0.717) is 13.0 Å². The average molecular weight is 336 g/mol. The van der Waals surface area contributed by atoms with E-state index in [-0.39, 0.29) is 23.5 Å². The van der Waals surface area contributed by atoms with E-state index in [1.54, 1.807) is 4.90 Å². The summed E-state index contributed by atoms with van der Waals surface area (Å²) >= 11 is 0. The van der Waals surface area contributed by atoms with Crippen LogP contribution >= 0.6 is 0 Å². The van der Waals surface area contributed by atoms with Crippen molar-refractivity contribution in [2.75, 3.05) is 36.0 Å². The lowest BCUT2D eigenvalue weighted by atomic mass is 10.1. The highest BCUT2D eigenvalue weighted by atomic mass is 32.2. The first-order valence-corrected chi connectivity index (χ1v) is 10.2. The second-order valence-corrected chi connectivity index (χ2v) is 8.72. The second kappa shape index (κ2) is 7.01. The SMILES string of the molecule is O=C(CN1CCCCC1)N(c1ccccc1)[C@@H]1CCS(=O)(=O)C1. The molecule has 0 radical (unpaired) electrons. The third-order valence-corrected chi connectivity index (χ3v) is 6.43. The van der Waals surface area contributed by atoms with Crippen molar-refractivity contribution in [3.63, 3.8) is 0 Å². The lowest BCUT2D eigenvalue weighted by Gasteiger charge is -2.32. The molecule has 2 aliphatic heterocycles. The summed E-state index contributed by atoms with van der Waals surface area (Å²) in [7, 11) is -3.02. The van der Waals surface area contributed by atoms with Crippen LogP contribution in [0.1, 0.15) is 25.7 Å². The lowest BCUT2D eigenvalue weighted by Crippen LogP contribution is -2.47. The number of rotatable bonds is 4. The van der Waals surface area contributed by atoms with Gasteiger partial charge in [0.15, 0.2) is 9.84 Å². The molecule has 2 saturated heterocycles. The van der Waals surface area contributed by atoms with Crippen LogP contribution in [0.5, 0.6) is 0 Å². The number of amides is 1. The topological polar surface area (TPSA) is 57.7 Å². The molecule has 3 rings (SSSR count). The highest BCUT2D eigenvalue weighted by Crippen LogP contribution is 2.25. The van der Waals surface area contributed by atoms with Crippen LogP contribution in [-0.4, -0.2) is 56.4 Å². The van der Waals surface area contributed by atoms with Crippen LogP contribution in [0.25, 0.3) is 0 Å². The van der Waals surface area contributed by atoms with E-state index < -0.39 is 9.84 Å². The zero-order valence-electron chi connectivity index (χ0n) is 13.4. The highest BCUT2D eigenvalue weighted by Gasteiger charge is 2.35. The molecule has 1 aromatic carbocycles. The Labute approximate surface area is 138 Å². The van der Waals surface area contributed by atoms with Gasteiger partial charge in [0.2, 0.25) is 5.91 Å². The van der Waals surface area contributed by atoms with Crippen molar-refractivity contribution in [3.05, 3.63) is 30.3 Å². The summed E-state index contributed by atoms with van der Waals surface area (Å²) in [5.41, 5.74) is 0.802. The number of anilines is 1. The third-order valence-electron chi connectivity index (χ3n) is 4.68. The molecule has 126 valence electrons. The molecule has 1 atom stereocenters. The molecule has 6 heteroatoms. The van der Waals surface area contributed by atoms with Gasteiger partial charge in [-0.1, -0.05) is 24.6 Å². The van der Waals surface area contributed by atoms with Crippen LogP contribution in [-0.2, 0) is 14.6 Å². The maximum atomic E-state index is 12.9. The van der Waals surface area contributed by atoms with Crippen molar-refractivity contribution >= 4 is 21.4 Å². The maximum Gasteiger partial charge on any atom is 0.241 e. The Morgan fingerprint density at radius 2 is 1.83 bits per heavy atom. The Morgan fingerprint density at radius 1 is 1.13 bits per heavy atom. The van der Waals surface area contributed by atoms with E-state index in [0.717, 1.165) is 31.6 Å². The molecule has 2 aliphatic rings. The van der Waals surface area contributed by atoms with Crippen molar-refractivity contribution in [2.45, 2.75) is 31.7 Å². The number of nitrogens with zero attached hydrogens (tertiary/aromatic N) is 2. The van der Waals surface area contributed by atoms with Crippen LogP contribution in [0.2, 0.25) is 0 Å². The number of hydrogen-bond acceptors (Lipinski definition) is 4. The van der Waals surface area contributed by atoms with E-state index >= 15 is 0 Å². The zero-order chi connectivity index (χ0) is 16.3. The lowest BCUT2D eigenvalue weighted by molar-refractivity contribution is -0.120. The Bertz CT molecular complexity index is 639. The number of likely N-dealkylation sites (tertiary alicyclic amines) is 1. The quantitative estimate of drug-likeness (QED) is 0.840. The van der Waals surface area contributed by atoms with E-state index in [1.165, 1.54) is 6.42 Å². The molecule has 1 aromatic rings. The van der Waals surface area contributed by atoms with E-state index in [9.17, 15) is 13.2 Å². The van der Waals surface area contributed by atoms with Gasteiger partial charge in [0, 0.05) is 5.69 Å². The molecule has 1 amide bonds. The van der Waals surface area contributed by atoms with Gasteiger partial charge in [0.25, 0.3) is 0 Å². The Hall–Kier alpha value is -1.40. The normalized spacial score (nSPS) is 24.4. The Morgan fingerprint density at radius 3 is 2.43 bits per heavy atom. The van der Waals surface area contributed by atoms with Gasteiger partial charge < -0.3 is 4.90 Å². The number of benzene rings is 1. The van der Waals surface area contributed by atoms with Gasteiger partial charge >= 0.3 is 0 Å². The number of hydrogen-bond donors (Lipinski definition) is 0. The molecule has 5 nitrogen and oxygen atoms in total. The van der Waals surface area contributed by atoms with Gasteiger partial charge in [-0.25, -0.2) is 8.42 Å². The molecule has 23 heavy (non-hydrogen) atoms. The number of sulfone groups is 1. The summed E-state index contributed by atoms with van der Waals surface area (Å²) in [5.74, 6) is 0.270. The molecule has 0 spiro atoms. The van der Waals surface area contributed by atoms with Crippen molar-refractivity contribution < 1.29 is 13.2 Å². The molecule has 2 fully saturated rings. The van der Waals surface area contributed by atoms with Crippen molar-refractivity contribution in [3.8, 4) is 0 Å². The second-order valence-electron chi connectivity index (χ2n) is 6.49. The van der Waals surface area contributed by atoms with Gasteiger partial charge in [-0.2, -0.15) is 0 Å². The van der Waals surface area contributed by atoms with Crippen LogP contribution in [0.3, 0.4) is 0 Å². The fraction of sp³-hybridized carbons (Fsp3) is 0.588. The Kier molecular flexibility index (Phi) is 5.02. The highest BCUT2D eigenvalue weighted by molar-refractivity contribution is 7.91. The van der Waals surface area contributed by atoms with Gasteiger partial charge in [-0.3, -0.25) is 9.69 Å². The fourth-order valence-corrected chi connectivity index (χ4v) is 5.21. The van der Waals surface area contributed by atoms with Crippen molar-refractivity contribution in [1.82, 2.24) is 4.90 Å². The number of para-hydroxylation sites is 1. The first kappa shape index (κ1) is 16.5. The minimum Gasteiger partial charge on any atom is -0.307 e. The fourth-order valence-electron chi connectivity index (χ4n) is 3.51. The van der Waals surface area contributed by atoms with Gasteiger partial charge in [-0.05, 0) is 44.5 Å². The van der Waals surface area contributed by atoms with Crippen LogP contribution in [0.15, 0.2) is 30.3 Å². The molecule has 2 heterocycles. The van der Waals surface area contributed by atoms with Crippen molar-refractivity contribution in [2.24, 2.45) is 0 Å². The molecule has 0 aliphatic carbocycles. The molecule has 0 N–H and O–H groups in total. The average Bonchev–Trinajstić information content (AvgIpc) is 2.89. The molecular formula is C17H24N2O3S. The molecule has 0 aromatic heterocycles. The van der Waals surface area contributed by atoms with E-state index in [1.807, 2.05) is 30.3 Å². The summed E-state index contributed by atoms with van der Waals surface area (Å²) in [6.45, 7) is 2.29. The number of carbonyl (C=O) groups excluding carboxylic acids is 1. The van der Waals surface area contributed by atoms with Gasteiger partial charge in [-0.15, -0.1) is 0 Å². The number of carbonyl (C=O) groups is 1. The van der Waals surface area contributed by atoms with E-state index in [4.69, 9.17) is 0 Å². The minimum absolute atomic E-state index is 0.0141. The monoisotopic (exact) mass is 336 g/mol. The number of piperidine rings is 1. The van der Waals surface area contributed by atoms with E-state index in [2.05, 4.69) is 4.90 Å². The summed E-state index contributed by atoms with van der Waals surface area (Å²) in [5, 5.41) is 0. The van der Waals surface area contributed by atoms with Crippen LogP contribution in [0, 0.1) is 0 Å². The molecular weight excluding hydrogens is 312 g/mol. The van der Waals surface area contributed by atoms with Crippen molar-refractivity contribution in [1.29, 1.82) is 0 Å². The minimum atomic E-state index is -3.02. The first-order valence-electron chi connectivity index (χ1n) is 8.35. The van der Waals surface area contributed by atoms with Gasteiger partial charge in [0.05, 0.1) is 24.1 Å². The van der Waals surface area contributed by atoms with Crippen LogP contribution in [0.4, 0.5) is 5.69 Å². The standard InChI is InChI=1S/C17H24N2O3S/c20-17(13-18-10-5-2-6-11-18)19(15-7-3-1-4-8-15)16-9-12-23(21,22)14-16/h1,3-4,7-8,16H,2,5-6,9-14H2/t16-/m1/s1. The summed E-state index contributed by atoms with van der Waals surface area (Å²) in [4.78, 5) is 16.8.